The number of hydrogen-bond donors (Lipinski definition) is 0. The van der Waals surface area contributed by atoms with Crippen LogP contribution >= 0.6 is 0 Å². The zero-order valence-corrected chi connectivity index (χ0v) is 11.5. The average molecular weight is 251 g/mol. The van der Waals surface area contributed by atoms with Crippen molar-refractivity contribution in [2.75, 3.05) is 6.54 Å². The molecular formula is C15H25NO2. The number of rotatable bonds is 1. The molecule has 0 bridgehead atoms. The molecule has 0 N–H and O–H groups in total. The first-order valence-electron chi connectivity index (χ1n) is 7.68. The summed E-state index contributed by atoms with van der Waals surface area (Å²) in [6.07, 6.45) is 10.8. The molecule has 0 radical (unpaired) electrons. The monoisotopic (exact) mass is 251 g/mol. The Balaban J connectivity index is 1.62. The van der Waals surface area contributed by atoms with Crippen molar-refractivity contribution >= 4 is 6.09 Å². The summed E-state index contributed by atoms with van der Waals surface area (Å²) < 4.78 is 5.82. The first kappa shape index (κ1) is 12.3. The molecule has 0 spiro atoms. The standard InChI is InChI=1S/C15H25NO2/c1-15(9-4-5-10-15)18-14(17)16-11-8-12-6-2-3-7-13(12)16/h12-13H,2-11H2,1H3. The van der Waals surface area contributed by atoms with Gasteiger partial charge in [-0.1, -0.05) is 12.8 Å². The summed E-state index contributed by atoms with van der Waals surface area (Å²) in [5, 5.41) is 0. The molecule has 2 unspecified atom stereocenters. The van der Waals surface area contributed by atoms with Crippen molar-refractivity contribution in [1.29, 1.82) is 0 Å². The van der Waals surface area contributed by atoms with Crippen LogP contribution in [0.25, 0.3) is 0 Å². The molecular weight excluding hydrogens is 226 g/mol. The molecule has 2 aliphatic carbocycles. The molecule has 1 saturated heterocycles. The second-order valence-corrected chi connectivity index (χ2v) is 6.62. The maximum atomic E-state index is 12.4. The van der Waals surface area contributed by atoms with Gasteiger partial charge in [0.25, 0.3) is 0 Å². The highest BCUT2D eigenvalue weighted by Gasteiger charge is 2.41. The van der Waals surface area contributed by atoms with Crippen molar-refractivity contribution in [1.82, 2.24) is 4.90 Å². The van der Waals surface area contributed by atoms with Crippen LogP contribution in [0.2, 0.25) is 0 Å². The van der Waals surface area contributed by atoms with Crippen LogP contribution in [0.1, 0.15) is 64.7 Å². The summed E-state index contributed by atoms with van der Waals surface area (Å²) in [6.45, 7) is 3.02. The molecule has 102 valence electrons. The fourth-order valence-corrected chi connectivity index (χ4v) is 4.13. The van der Waals surface area contributed by atoms with E-state index in [1.807, 2.05) is 4.90 Å². The van der Waals surface area contributed by atoms with E-state index in [0.717, 1.165) is 25.3 Å². The zero-order chi connectivity index (χ0) is 12.6. The lowest BCUT2D eigenvalue weighted by molar-refractivity contribution is 0.000848. The van der Waals surface area contributed by atoms with Gasteiger partial charge in [-0.15, -0.1) is 0 Å². The Labute approximate surface area is 110 Å². The van der Waals surface area contributed by atoms with E-state index in [-0.39, 0.29) is 11.7 Å². The van der Waals surface area contributed by atoms with Gasteiger partial charge in [0.05, 0.1) is 0 Å². The van der Waals surface area contributed by atoms with Crippen LogP contribution in [0, 0.1) is 5.92 Å². The van der Waals surface area contributed by atoms with E-state index >= 15 is 0 Å². The van der Waals surface area contributed by atoms with Crippen molar-refractivity contribution in [3.8, 4) is 0 Å². The van der Waals surface area contributed by atoms with E-state index in [4.69, 9.17) is 4.74 Å². The highest BCUT2D eigenvalue weighted by Crippen LogP contribution is 2.38. The second-order valence-electron chi connectivity index (χ2n) is 6.62. The van der Waals surface area contributed by atoms with Gasteiger partial charge in [-0.2, -0.15) is 0 Å². The molecule has 1 heterocycles. The van der Waals surface area contributed by atoms with E-state index in [1.54, 1.807) is 0 Å². The fourth-order valence-electron chi connectivity index (χ4n) is 4.13. The van der Waals surface area contributed by atoms with Crippen LogP contribution < -0.4 is 0 Å². The normalized spacial score (nSPS) is 34.4. The van der Waals surface area contributed by atoms with E-state index in [0.29, 0.717) is 6.04 Å². The number of ether oxygens (including phenoxy) is 1. The third kappa shape index (κ3) is 2.24. The summed E-state index contributed by atoms with van der Waals surface area (Å²) in [5.41, 5.74) is -0.177. The number of amides is 1. The van der Waals surface area contributed by atoms with Gasteiger partial charge in [0.2, 0.25) is 0 Å². The van der Waals surface area contributed by atoms with E-state index < -0.39 is 0 Å². The van der Waals surface area contributed by atoms with Crippen molar-refractivity contribution in [2.45, 2.75) is 76.4 Å². The largest absolute Gasteiger partial charge is 0.443 e. The minimum Gasteiger partial charge on any atom is -0.443 e. The lowest BCUT2D eigenvalue weighted by Crippen LogP contribution is -2.43. The van der Waals surface area contributed by atoms with Crippen molar-refractivity contribution in [2.24, 2.45) is 5.92 Å². The maximum absolute atomic E-state index is 12.4. The number of fused-ring (bicyclic) bond motifs is 1. The molecule has 2 saturated carbocycles. The Morgan fingerprint density at radius 2 is 1.83 bits per heavy atom. The quantitative estimate of drug-likeness (QED) is 0.711. The molecule has 0 aromatic heterocycles. The predicted octanol–water partition coefficient (Wildman–Crippen LogP) is 3.72. The van der Waals surface area contributed by atoms with Crippen LogP contribution in [0.4, 0.5) is 4.79 Å². The van der Waals surface area contributed by atoms with Gasteiger partial charge < -0.3 is 9.64 Å². The van der Waals surface area contributed by atoms with Crippen LogP contribution in [0.15, 0.2) is 0 Å². The third-order valence-corrected chi connectivity index (χ3v) is 5.24. The molecule has 1 aliphatic heterocycles. The predicted molar refractivity (Wildman–Crippen MR) is 70.4 cm³/mol. The lowest BCUT2D eigenvalue weighted by Gasteiger charge is -2.34. The van der Waals surface area contributed by atoms with Gasteiger partial charge in [-0.25, -0.2) is 4.79 Å². The first-order valence-corrected chi connectivity index (χ1v) is 7.68. The Hall–Kier alpha value is -0.730. The Bertz CT molecular complexity index is 322. The summed E-state index contributed by atoms with van der Waals surface area (Å²) in [4.78, 5) is 14.4. The van der Waals surface area contributed by atoms with Gasteiger partial charge in [-0.3, -0.25) is 0 Å². The summed E-state index contributed by atoms with van der Waals surface area (Å²) >= 11 is 0. The molecule has 3 aliphatic rings. The first-order chi connectivity index (χ1) is 8.68. The molecule has 2 atom stereocenters. The smallest absolute Gasteiger partial charge is 0.410 e. The van der Waals surface area contributed by atoms with Gasteiger partial charge in [0, 0.05) is 12.6 Å². The molecule has 0 aromatic rings. The SMILES string of the molecule is CC1(OC(=O)N2CCC3CCCCC32)CCCC1. The fraction of sp³-hybridized carbons (Fsp3) is 0.933. The summed E-state index contributed by atoms with van der Waals surface area (Å²) in [6, 6.07) is 0.483. The van der Waals surface area contributed by atoms with Gasteiger partial charge in [0.15, 0.2) is 0 Å². The topological polar surface area (TPSA) is 29.5 Å². The van der Waals surface area contributed by atoms with Gasteiger partial charge in [-0.05, 0) is 57.8 Å². The van der Waals surface area contributed by atoms with E-state index in [9.17, 15) is 4.79 Å². The molecule has 0 aromatic carbocycles. The van der Waals surface area contributed by atoms with Crippen molar-refractivity contribution < 1.29 is 9.53 Å². The molecule has 3 heteroatoms. The van der Waals surface area contributed by atoms with Crippen molar-refractivity contribution in [3.63, 3.8) is 0 Å². The number of carbonyl (C=O) groups excluding carboxylic acids is 1. The number of hydrogen-bond acceptors (Lipinski definition) is 2. The molecule has 18 heavy (non-hydrogen) atoms. The Morgan fingerprint density at radius 1 is 1.11 bits per heavy atom. The molecule has 3 rings (SSSR count). The van der Waals surface area contributed by atoms with Crippen LogP contribution in [-0.4, -0.2) is 29.2 Å². The second kappa shape index (κ2) is 4.75. The molecule has 1 amide bonds. The maximum Gasteiger partial charge on any atom is 0.410 e. The Kier molecular flexibility index (Phi) is 3.25. The lowest BCUT2D eigenvalue weighted by atomic mass is 9.85. The highest BCUT2D eigenvalue weighted by molar-refractivity contribution is 5.69. The average Bonchev–Trinajstić information content (AvgIpc) is 2.95. The van der Waals surface area contributed by atoms with Gasteiger partial charge in [0.1, 0.15) is 5.60 Å². The van der Waals surface area contributed by atoms with Gasteiger partial charge >= 0.3 is 6.09 Å². The third-order valence-electron chi connectivity index (χ3n) is 5.24. The number of nitrogens with zero attached hydrogens (tertiary/aromatic N) is 1. The van der Waals surface area contributed by atoms with Crippen LogP contribution in [0.5, 0.6) is 0 Å². The summed E-state index contributed by atoms with van der Waals surface area (Å²) in [5.74, 6) is 0.752. The van der Waals surface area contributed by atoms with Crippen LogP contribution in [-0.2, 0) is 4.74 Å². The molecule has 3 fully saturated rings. The number of carbonyl (C=O) groups is 1. The van der Waals surface area contributed by atoms with Crippen molar-refractivity contribution in [3.05, 3.63) is 0 Å². The Morgan fingerprint density at radius 3 is 2.61 bits per heavy atom. The number of likely N-dealkylation sites (tertiary alicyclic amines) is 1. The highest BCUT2D eigenvalue weighted by atomic mass is 16.6. The minimum atomic E-state index is -0.177. The van der Waals surface area contributed by atoms with E-state index in [1.165, 1.54) is 44.9 Å². The zero-order valence-electron chi connectivity index (χ0n) is 11.5. The minimum absolute atomic E-state index is 0.0335. The molecule has 3 nitrogen and oxygen atoms in total. The van der Waals surface area contributed by atoms with Crippen LogP contribution in [0.3, 0.4) is 0 Å². The van der Waals surface area contributed by atoms with E-state index in [2.05, 4.69) is 6.92 Å². The summed E-state index contributed by atoms with van der Waals surface area (Å²) in [7, 11) is 0.